The highest BCUT2D eigenvalue weighted by Gasteiger charge is 2.46. The number of halogens is 4. The molecule has 4 atom stereocenters. The Balaban J connectivity index is 0.00000216. The highest BCUT2D eigenvalue weighted by atomic mass is 35.5. The molecule has 0 aliphatic carbocycles. The highest BCUT2D eigenvalue weighted by molar-refractivity contribution is 6.30. The van der Waals surface area contributed by atoms with Gasteiger partial charge in [0.25, 0.3) is 0 Å². The summed E-state index contributed by atoms with van der Waals surface area (Å²) in [7, 11) is 0. The number of nitrogens with one attached hydrogen (secondary N) is 2. The molecule has 0 unspecified atom stereocenters. The Bertz CT molecular complexity index is 951. The molecule has 0 spiro atoms. The van der Waals surface area contributed by atoms with Crippen LogP contribution < -0.4 is 15.5 Å². The van der Waals surface area contributed by atoms with Crippen LogP contribution >= 0.6 is 36.4 Å². The van der Waals surface area contributed by atoms with Crippen LogP contribution in [-0.4, -0.2) is 84.8 Å². The van der Waals surface area contributed by atoms with E-state index in [1.54, 1.807) is 36.4 Å². The van der Waals surface area contributed by atoms with Crippen molar-refractivity contribution in [2.75, 3.05) is 49.5 Å². The highest BCUT2D eigenvalue weighted by Crippen LogP contribution is 2.28. The maximum Gasteiger partial charge on any atom is 0.319 e. The number of rotatable bonds is 6. The smallest absolute Gasteiger partial charge is 0.319 e. The standard InChI is InChI=1S/C23H28ClFN4O4.2ClH/c24-15-2-1-3-17(12-15)27-23(32)26-13-19-21(22(31)20(14-30)33-19)29-10-8-28(9-11-29)18-6-4-16(25)5-7-18;;/h1-7,12,19-22,30-31H,8-11,13-14H2,(H2,26,27,32);2*1H/t19-,20+,21+,22-;;/m1../s1. The Morgan fingerprint density at radius 1 is 1.09 bits per heavy atom. The van der Waals surface area contributed by atoms with Crippen LogP contribution in [0, 0.1) is 5.82 Å². The van der Waals surface area contributed by atoms with Crippen molar-refractivity contribution in [2.24, 2.45) is 0 Å². The number of hydrogen-bond donors (Lipinski definition) is 4. The molecule has 2 heterocycles. The van der Waals surface area contributed by atoms with E-state index < -0.39 is 24.3 Å². The number of aliphatic hydroxyl groups excluding tert-OH is 2. The van der Waals surface area contributed by atoms with Gasteiger partial charge in [0.05, 0.1) is 18.8 Å². The fraction of sp³-hybridized carbons (Fsp3) is 0.435. The van der Waals surface area contributed by atoms with E-state index in [4.69, 9.17) is 16.3 Å². The Hall–Kier alpha value is -1.85. The minimum absolute atomic E-state index is 0. The first kappa shape index (κ1) is 29.4. The number of anilines is 2. The molecule has 2 aromatic carbocycles. The second-order valence-electron chi connectivity index (χ2n) is 8.22. The van der Waals surface area contributed by atoms with E-state index in [-0.39, 0.29) is 49.8 Å². The summed E-state index contributed by atoms with van der Waals surface area (Å²) in [6.07, 6.45) is -2.08. The average Bonchev–Trinajstić information content (AvgIpc) is 3.13. The number of nitrogens with zero attached hydrogens (tertiary/aromatic N) is 2. The van der Waals surface area contributed by atoms with Gasteiger partial charge in [-0.2, -0.15) is 0 Å². The van der Waals surface area contributed by atoms with Crippen LogP contribution in [0.1, 0.15) is 0 Å². The number of ether oxygens (including phenoxy) is 1. The number of carbonyl (C=O) groups is 1. The summed E-state index contributed by atoms with van der Waals surface area (Å²) in [5.41, 5.74) is 1.51. The van der Waals surface area contributed by atoms with Gasteiger partial charge in [-0.15, -0.1) is 24.8 Å². The largest absolute Gasteiger partial charge is 0.394 e. The van der Waals surface area contributed by atoms with Gasteiger partial charge in [0, 0.05) is 49.1 Å². The molecule has 12 heteroatoms. The number of aliphatic hydroxyl groups is 2. The molecular weight excluding hydrogens is 522 g/mol. The zero-order valence-corrected chi connectivity index (χ0v) is 21.2. The number of hydrogen-bond acceptors (Lipinski definition) is 6. The molecule has 0 saturated carbocycles. The molecule has 4 rings (SSSR count). The molecule has 0 aromatic heterocycles. The van der Waals surface area contributed by atoms with Gasteiger partial charge < -0.3 is 30.5 Å². The molecule has 194 valence electrons. The van der Waals surface area contributed by atoms with Gasteiger partial charge in [0.1, 0.15) is 18.0 Å². The molecular formula is C23H30Cl3FN4O4. The van der Waals surface area contributed by atoms with E-state index in [1.165, 1.54) is 12.1 Å². The predicted octanol–water partition coefficient (Wildman–Crippen LogP) is 2.76. The van der Waals surface area contributed by atoms with E-state index in [0.717, 1.165) is 5.69 Å². The summed E-state index contributed by atoms with van der Waals surface area (Å²) < 4.78 is 19.1. The lowest BCUT2D eigenvalue weighted by atomic mass is 10.0. The third-order valence-electron chi connectivity index (χ3n) is 6.12. The second kappa shape index (κ2) is 13.5. The first-order valence-corrected chi connectivity index (χ1v) is 11.3. The van der Waals surface area contributed by atoms with Crippen molar-refractivity contribution in [3.63, 3.8) is 0 Å². The van der Waals surface area contributed by atoms with Crippen LogP contribution in [0.5, 0.6) is 0 Å². The van der Waals surface area contributed by atoms with Gasteiger partial charge in [-0.05, 0) is 42.5 Å². The quantitative estimate of drug-likeness (QED) is 0.441. The Morgan fingerprint density at radius 2 is 1.77 bits per heavy atom. The lowest BCUT2D eigenvalue weighted by Gasteiger charge is -2.41. The van der Waals surface area contributed by atoms with E-state index in [0.29, 0.717) is 36.9 Å². The zero-order chi connectivity index (χ0) is 23.4. The van der Waals surface area contributed by atoms with E-state index in [2.05, 4.69) is 20.4 Å². The zero-order valence-electron chi connectivity index (χ0n) is 18.8. The molecule has 2 amide bonds. The Labute approximate surface area is 221 Å². The van der Waals surface area contributed by atoms with Gasteiger partial charge >= 0.3 is 6.03 Å². The molecule has 2 fully saturated rings. The minimum atomic E-state index is -0.879. The molecule has 0 radical (unpaired) electrons. The first-order valence-electron chi connectivity index (χ1n) is 10.9. The number of urea groups is 1. The van der Waals surface area contributed by atoms with Crippen molar-refractivity contribution >= 4 is 53.8 Å². The van der Waals surface area contributed by atoms with E-state index in [1.807, 2.05) is 0 Å². The number of benzene rings is 2. The Kier molecular flexibility index (Phi) is 11.3. The van der Waals surface area contributed by atoms with E-state index >= 15 is 0 Å². The third kappa shape index (κ3) is 7.33. The predicted molar refractivity (Wildman–Crippen MR) is 139 cm³/mol. The van der Waals surface area contributed by atoms with E-state index in [9.17, 15) is 19.4 Å². The summed E-state index contributed by atoms with van der Waals surface area (Å²) >= 11 is 5.95. The maximum absolute atomic E-state index is 13.2. The molecule has 0 bridgehead atoms. The molecule has 8 nitrogen and oxygen atoms in total. The normalized spacial score (nSPS) is 24.3. The van der Waals surface area contributed by atoms with Gasteiger partial charge in [-0.3, -0.25) is 4.90 Å². The van der Waals surface area contributed by atoms with Gasteiger partial charge in [-0.25, -0.2) is 9.18 Å². The molecule has 35 heavy (non-hydrogen) atoms. The fourth-order valence-corrected chi connectivity index (χ4v) is 4.65. The van der Waals surface area contributed by atoms with Gasteiger partial charge in [0.2, 0.25) is 0 Å². The summed E-state index contributed by atoms with van der Waals surface area (Å²) in [5.74, 6) is -0.270. The average molecular weight is 552 g/mol. The van der Waals surface area contributed by atoms with Crippen molar-refractivity contribution in [1.29, 1.82) is 0 Å². The van der Waals surface area contributed by atoms with Crippen LogP contribution in [0.3, 0.4) is 0 Å². The first-order chi connectivity index (χ1) is 15.9. The minimum Gasteiger partial charge on any atom is -0.394 e. The number of piperazine rings is 1. The lowest BCUT2D eigenvalue weighted by Crippen LogP contribution is -2.57. The summed E-state index contributed by atoms with van der Waals surface area (Å²) in [4.78, 5) is 16.6. The van der Waals surface area contributed by atoms with Gasteiger partial charge in [0.15, 0.2) is 0 Å². The number of amides is 2. The SMILES string of the molecule is Cl.Cl.O=C(NC[C@H]1O[C@@H](CO)[C@@H](O)[C@H]1N1CCN(c2ccc(F)cc2)CC1)Nc1cccc(Cl)c1. The summed E-state index contributed by atoms with van der Waals surface area (Å²) in [6.45, 7) is 2.58. The third-order valence-corrected chi connectivity index (χ3v) is 6.35. The van der Waals surface area contributed by atoms with Crippen molar-refractivity contribution in [1.82, 2.24) is 10.2 Å². The summed E-state index contributed by atoms with van der Waals surface area (Å²) in [5, 5.41) is 26.4. The van der Waals surface area contributed by atoms with Crippen LogP contribution in [0.25, 0.3) is 0 Å². The van der Waals surface area contributed by atoms with Crippen molar-refractivity contribution in [2.45, 2.75) is 24.4 Å². The number of carbonyl (C=O) groups excluding carboxylic acids is 1. The van der Waals surface area contributed by atoms with Crippen molar-refractivity contribution < 1.29 is 24.1 Å². The lowest BCUT2D eigenvalue weighted by molar-refractivity contribution is -0.0205. The fourth-order valence-electron chi connectivity index (χ4n) is 4.46. The summed E-state index contributed by atoms with van der Waals surface area (Å²) in [6, 6.07) is 12.4. The van der Waals surface area contributed by atoms with Crippen LogP contribution in [-0.2, 0) is 4.74 Å². The molecule has 2 aliphatic heterocycles. The second-order valence-corrected chi connectivity index (χ2v) is 8.66. The van der Waals surface area contributed by atoms with Crippen molar-refractivity contribution in [3.8, 4) is 0 Å². The molecule has 2 aliphatic rings. The maximum atomic E-state index is 13.2. The van der Waals surface area contributed by atoms with Gasteiger partial charge in [-0.1, -0.05) is 17.7 Å². The van der Waals surface area contributed by atoms with Crippen LogP contribution in [0.4, 0.5) is 20.6 Å². The monoisotopic (exact) mass is 550 g/mol. The molecule has 2 saturated heterocycles. The molecule has 2 aromatic rings. The molecule has 4 N–H and O–H groups in total. The van der Waals surface area contributed by atoms with Crippen LogP contribution in [0.15, 0.2) is 48.5 Å². The Morgan fingerprint density at radius 3 is 2.40 bits per heavy atom. The van der Waals surface area contributed by atoms with Crippen LogP contribution in [0.2, 0.25) is 5.02 Å². The van der Waals surface area contributed by atoms with Crippen molar-refractivity contribution in [3.05, 3.63) is 59.4 Å². The topological polar surface area (TPSA) is 97.3 Å².